The number of nitrogens with two attached hydrogens (primary N) is 1. The minimum absolute atomic E-state index is 0.358. The third kappa shape index (κ3) is 3.21. The molecule has 7 heteroatoms. The number of benzene rings is 1. The van der Waals surface area contributed by atoms with Gasteiger partial charge in [-0.1, -0.05) is 0 Å². The number of pyridine rings is 1. The van der Waals surface area contributed by atoms with Gasteiger partial charge in [-0.3, -0.25) is 4.79 Å². The number of carbonyl (C=O) groups is 1. The number of fused-ring (bicyclic) bond motifs is 1. The molecule has 3 aromatic rings. The lowest BCUT2D eigenvalue weighted by molar-refractivity contribution is 0.0998. The Morgan fingerprint density at radius 2 is 2.00 bits per heavy atom. The number of hydrogen-bond donors (Lipinski definition) is 2. The van der Waals surface area contributed by atoms with Crippen LogP contribution >= 0.6 is 0 Å². The number of H-pyrrole nitrogens is 1. The van der Waals surface area contributed by atoms with Crippen molar-refractivity contribution in [1.29, 1.82) is 0 Å². The molecular weight excluding hydrogens is 330 g/mol. The summed E-state index contributed by atoms with van der Waals surface area (Å²) < 4.78 is 5.99. The molecule has 0 unspecified atom stereocenters. The molecule has 4 rings (SSSR count). The lowest BCUT2D eigenvalue weighted by Crippen LogP contribution is -2.44. The van der Waals surface area contributed by atoms with Crippen molar-refractivity contribution in [2.45, 2.75) is 0 Å². The number of hydrogen-bond acceptors (Lipinski definition) is 5. The van der Waals surface area contributed by atoms with Crippen molar-refractivity contribution < 1.29 is 9.53 Å². The van der Waals surface area contributed by atoms with Crippen molar-refractivity contribution in [3.8, 4) is 11.5 Å². The van der Waals surface area contributed by atoms with Gasteiger partial charge in [0.2, 0.25) is 0 Å². The Morgan fingerprint density at radius 3 is 2.77 bits per heavy atom. The zero-order valence-corrected chi connectivity index (χ0v) is 14.6. The van der Waals surface area contributed by atoms with Gasteiger partial charge in [-0.15, -0.1) is 0 Å². The second-order valence-electron chi connectivity index (χ2n) is 6.52. The summed E-state index contributed by atoms with van der Waals surface area (Å²) in [5.41, 5.74) is 7.70. The molecule has 26 heavy (non-hydrogen) atoms. The molecule has 0 aliphatic carbocycles. The lowest BCUT2D eigenvalue weighted by Gasteiger charge is -2.34. The SMILES string of the molecule is CN1CCN(c2ccc(C(N)=O)c(Oc3cnc4[nH]ccc4c3)c2)CC1. The number of primary amides is 1. The van der Waals surface area contributed by atoms with Gasteiger partial charge in [-0.25, -0.2) is 4.98 Å². The summed E-state index contributed by atoms with van der Waals surface area (Å²) in [6.45, 7) is 3.87. The molecule has 0 bridgehead atoms. The van der Waals surface area contributed by atoms with Gasteiger partial charge in [0, 0.05) is 49.5 Å². The van der Waals surface area contributed by atoms with Crippen LogP contribution in [-0.2, 0) is 0 Å². The Hall–Kier alpha value is -3.06. The molecule has 0 saturated carbocycles. The number of aromatic nitrogens is 2. The zero-order chi connectivity index (χ0) is 18.1. The first-order chi connectivity index (χ1) is 12.6. The quantitative estimate of drug-likeness (QED) is 0.752. The molecule has 3 heterocycles. The predicted molar refractivity (Wildman–Crippen MR) is 101 cm³/mol. The van der Waals surface area contributed by atoms with E-state index < -0.39 is 5.91 Å². The van der Waals surface area contributed by atoms with E-state index in [1.165, 1.54) is 0 Å². The highest BCUT2D eigenvalue weighted by Gasteiger charge is 2.18. The molecule has 0 atom stereocenters. The third-order valence-corrected chi connectivity index (χ3v) is 4.70. The predicted octanol–water partition coefficient (Wildman–Crippen LogP) is 2.21. The van der Waals surface area contributed by atoms with Crippen LogP contribution in [0.2, 0.25) is 0 Å². The Bertz CT molecular complexity index is 944. The van der Waals surface area contributed by atoms with E-state index in [9.17, 15) is 4.79 Å². The maximum atomic E-state index is 11.8. The number of amides is 1. The number of rotatable bonds is 4. The number of anilines is 1. The van der Waals surface area contributed by atoms with Gasteiger partial charge < -0.3 is 25.3 Å². The fourth-order valence-electron chi connectivity index (χ4n) is 3.16. The van der Waals surface area contributed by atoms with E-state index in [0.717, 1.165) is 42.9 Å². The summed E-state index contributed by atoms with van der Waals surface area (Å²) in [5, 5.41) is 0.943. The second-order valence-corrected chi connectivity index (χ2v) is 6.52. The summed E-state index contributed by atoms with van der Waals surface area (Å²) in [6, 6.07) is 9.34. The van der Waals surface area contributed by atoms with Gasteiger partial charge in [-0.2, -0.15) is 0 Å². The number of ether oxygens (including phenoxy) is 1. The largest absolute Gasteiger partial charge is 0.455 e. The van der Waals surface area contributed by atoms with Crippen molar-refractivity contribution in [3.63, 3.8) is 0 Å². The van der Waals surface area contributed by atoms with Crippen molar-refractivity contribution in [2.24, 2.45) is 5.73 Å². The van der Waals surface area contributed by atoms with Crippen LogP contribution < -0.4 is 15.4 Å². The van der Waals surface area contributed by atoms with Crippen LogP contribution in [-0.4, -0.2) is 54.0 Å². The molecule has 1 aliphatic rings. The normalized spacial score (nSPS) is 15.3. The van der Waals surface area contributed by atoms with E-state index in [0.29, 0.717) is 17.1 Å². The Balaban J connectivity index is 1.65. The highest BCUT2D eigenvalue weighted by Crippen LogP contribution is 2.31. The minimum atomic E-state index is -0.513. The van der Waals surface area contributed by atoms with E-state index in [4.69, 9.17) is 10.5 Å². The smallest absolute Gasteiger partial charge is 0.252 e. The number of nitrogens with zero attached hydrogens (tertiary/aromatic N) is 3. The van der Waals surface area contributed by atoms with E-state index in [1.807, 2.05) is 30.5 Å². The summed E-state index contributed by atoms with van der Waals surface area (Å²) in [6.07, 6.45) is 3.45. The number of carbonyl (C=O) groups excluding carboxylic acids is 1. The summed E-state index contributed by atoms with van der Waals surface area (Å²) in [7, 11) is 2.12. The molecule has 0 spiro atoms. The second kappa shape index (κ2) is 6.68. The number of likely N-dealkylation sites (N-methyl/N-ethyl adjacent to an activating group) is 1. The molecule has 0 radical (unpaired) electrons. The topological polar surface area (TPSA) is 87.5 Å². The van der Waals surface area contributed by atoms with Crippen LogP contribution in [0.25, 0.3) is 11.0 Å². The molecule has 1 saturated heterocycles. The standard InChI is InChI=1S/C19H21N5O2/c1-23-6-8-24(9-7-23)14-2-3-16(18(20)25)17(11-14)26-15-10-13-4-5-21-19(13)22-12-15/h2-5,10-12H,6-9H2,1H3,(H2,20,25)(H,21,22). The molecule has 1 aromatic carbocycles. The highest BCUT2D eigenvalue weighted by atomic mass is 16.5. The van der Waals surface area contributed by atoms with Crippen molar-refractivity contribution in [2.75, 3.05) is 38.1 Å². The van der Waals surface area contributed by atoms with Gasteiger partial charge >= 0.3 is 0 Å². The average Bonchev–Trinajstić information content (AvgIpc) is 3.10. The molecule has 1 aliphatic heterocycles. The van der Waals surface area contributed by atoms with Crippen molar-refractivity contribution in [1.82, 2.24) is 14.9 Å². The maximum absolute atomic E-state index is 11.8. The number of aromatic amines is 1. The van der Waals surface area contributed by atoms with Gasteiger partial charge in [0.25, 0.3) is 5.91 Å². The molecule has 2 aromatic heterocycles. The summed E-state index contributed by atoms with van der Waals surface area (Å²) in [5.74, 6) is 0.501. The fraction of sp³-hybridized carbons (Fsp3) is 0.263. The van der Waals surface area contributed by atoms with Gasteiger partial charge in [0.15, 0.2) is 0 Å². The van der Waals surface area contributed by atoms with E-state index in [2.05, 4.69) is 26.8 Å². The maximum Gasteiger partial charge on any atom is 0.252 e. The average molecular weight is 351 g/mol. The van der Waals surface area contributed by atoms with E-state index >= 15 is 0 Å². The fourth-order valence-corrected chi connectivity index (χ4v) is 3.16. The van der Waals surface area contributed by atoms with Crippen LogP contribution in [0.5, 0.6) is 11.5 Å². The monoisotopic (exact) mass is 351 g/mol. The van der Waals surface area contributed by atoms with Crippen molar-refractivity contribution >= 4 is 22.6 Å². The molecule has 1 amide bonds. The Morgan fingerprint density at radius 1 is 1.19 bits per heavy atom. The van der Waals surface area contributed by atoms with Gasteiger partial charge in [0.1, 0.15) is 17.1 Å². The van der Waals surface area contributed by atoms with Gasteiger partial charge in [-0.05, 0) is 31.3 Å². The highest BCUT2D eigenvalue weighted by molar-refractivity contribution is 5.96. The first-order valence-electron chi connectivity index (χ1n) is 8.58. The third-order valence-electron chi connectivity index (χ3n) is 4.70. The van der Waals surface area contributed by atoms with Crippen LogP contribution in [0.4, 0.5) is 5.69 Å². The van der Waals surface area contributed by atoms with Crippen LogP contribution in [0.3, 0.4) is 0 Å². The first-order valence-corrected chi connectivity index (χ1v) is 8.58. The molecule has 3 N–H and O–H groups in total. The van der Waals surface area contributed by atoms with Crippen LogP contribution in [0.1, 0.15) is 10.4 Å². The summed E-state index contributed by atoms with van der Waals surface area (Å²) >= 11 is 0. The molecule has 134 valence electrons. The Kier molecular flexibility index (Phi) is 4.22. The van der Waals surface area contributed by atoms with Crippen LogP contribution in [0, 0.1) is 0 Å². The number of piperazine rings is 1. The molecule has 1 fully saturated rings. The van der Waals surface area contributed by atoms with E-state index in [1.54, 1.807) is 12.3 Å². The summed E-state index contributed by atoms with van der Waals surface area (Å²) in [4.78, 5) is 23.8. The van der Waals surface area contributed by atoms with Gasteiger partial charge in [0.05, 0.1) is 11.8 Å². The minimum Gasteiger partial charge on any atom is -0.455 e. The molecule has 7 nitrogen and oxygen atoms in total. The first kappa shape index (κ1) is 16.4. The molecular formula is C19H21N5O2. The zero-order valence-electron chi connectivity index (χ0n) is 14.6. The van der Waals surface area contributed by atoms with E-state index in [-0.39, 0.29) is 0 Å². The lowest BCUT2D eigenvalue weighted by atomic mass is 10.1. The van der Waals surface area contributed by atoms with Crippen LogP contribution in [0.15, 0.2) is 42.7 Å². The Labute approximate surface area is 151 Å². The van der Waals surface area contributed by atoms with Crippen molar-refractivity contribution in [3.05, 3.63) is 48.3 Å². The number of nitrogens with one attached hydrogen (secondary N) is 1.